The van der Waals surface area contributed by atoms with Gasteiger partial charge in [-0.05, 0) is 24.1 Å². The van der Waals surface area contributed by atoms with Crippen LogP contribution in [0.3, 0.4) is 0 Å². The fraction of sp³-hybridized carbons (Fsp3) is 0.467. The van der Waals surface area contributed by atoms with Crippen LogP contribution in [0.5, 0.6) is 5.75 Å². The van der Waals surface area contributed by atoms with Crippen molar-refractivity contribution < 1.29 is 19.4 Å². The maximum absolute atomic E-state index is 12.5. The second-order valence-corrected chi connectivity index (χ2v) is 5.30. The van der Waals surface area contributed by atoms with E-state index in [1.165, 1.54) is 0 Å². The monoisotopic (exact) mass is 277 g/mol. The molecule has 1 aromatic rings. The number of nitrogens with one attached hydrogen (secondary N) is 1. The maximum atomic E-state index is 12.5. The Morgan fingerprint density at radius 1 is 1.40 bits per heavy atom. The van der Waals surface area contributed by atoms with Crippen LogP contribution in [-0.4, -0.2) is 30.0 Å². The average molecular weight is 277 g/mol. The third-order valence-electron chi connectivity index (χ3n) is 3.48. The van der Waals surface area contributed by atoms with Crippen molar-refractivity contribution in [1.29, 1.82) is 0 Å². The molecule has 0 saturated heterocycles. The van der Waals surface area contributed by atoms with Gasteiger partial charge in [0.25, 0.3) is 0 Å². The van der Waals surface area contributed by atoms with Gasteiger partial charge in [0.05, 0.1) is 12.1 Å². The van der Waals surface area contributed by atoms with E-state index in [-0.39, 0.29) is 18.1 Å². The van der Waals surface area contributed by atoms with Gasteiger partial charge in [-0.25, -0.2) is 0 Å². The zero-order valence-electron chi connectivity index (χ0n) is 11.7. The van der Waals surface area contributed by atoms with E-state index < -0.39 is 11.9 Å². The molecule has 5 nitrogen and oxygen atoms in total. The molecule has 1 aliphatic rings. The quantitative estimate of drug-likeness (QED) is 0.808. The zero-order chi connectivity index (χ0) is 14.7. The number of aliphatic carboxylic acids is 1. The van der Waals surface area contributed by atoms with Crippen LogP contribution in [0.25, 0.3) is 0 Å². The van der Waals surface area contributed by atoms with Crippen molar-refractivity contribution in [3.63, 3.8) is 0 Å². The molecular formula is C15H19NO4. The minimum atomic E-state index is -0.948. The summed E-state index contributed by atoms with van der Waals surface area (Å²) in [5.74, 6) is -0.866. The van der Waals surface area contributed by atoms with Gasteiger partial charge in [-0.3, -0.25) is 9.59 Å². The number of fused-ring (bicyclic) bond motifs is 1. The molecule has 20 heavy (non-hydrogen) atoms. The molecule has 0 bridgehead atoms. The molecular weight excluding hydrogens is 258 g/mol. The number of carbonyl (C=O) groups excluding carboxylic acids is 1. The summed E-state index contributed by atoms with van der Waals surface area (Å²) in [6, 6.07) is 5.20. The normalized spacial score (nSPS) is 14.9. The van der Waals surface area contributed by atoms with E-state index in [4.69, 9.17) is 9.84 Å². The Morgan fingerprint density at radius 3 is 2.80 bits per heavy atom. The van der Waals surface area contributed by atoms with Crippen LogP contribution < -0.4 is 10.1 Å². The average Bonchev–Trinajstić information content (AvgIpc) is 2.43. The number of anilines is 1. The summed E-state index contributed by atoms with van der Waals surface area (Å²) in [6.07, 6.45) is -0.141. The molecule has 1 unspecified atom stereocenters. The zero-order valence-corrected chi connectivity index (χ0v) is 11.7. The van der Waals surface area contributed by atoms with Crippen molar-refractivity contribution in [3.05, 3.63) is 23.8 Å². The molecule has 108 valence electrons. The van der Waals surface area contributed by atoms with Crippen molar-refractivity contribution >= 4 is 17.4 Å². The van der Waals surface area contributed by atoms with Crippen molar-refractivity contribution in [3.8, 4) is 5.75 Å². The van der Waals surface area contributed by atoms with E-state index in [1.54, 1.807) is 18.2 Å². The van der Waals surface area contributed by atoms with Crippen LogP contribution in [0.4, 0.5) is 5.69 Å². The lowest BCUT2D eigenvalue weighted by molar-refractivity contribution is -0.138. The molecule has 0 amide bonds. The first-order valence-corrected chi connectivity index (χ1v) is 6.75. The van der Waals surface area contributed by atoms with Gasteiger partial charge in [0.2, 0.25) is 0 Å². The molecule has 0 fully saturated rings. The Bertz CT molecular complexity index is 525. The lowest BCUT2D eigenvalue weighted by Gasteiger charge is -2.21. The molecule has 0 aliphatic carbocycles. The molecule has 2 rings (SSSR count). The van der Waals surface area contributed by atoms with Gasteiger partial charge in [-0.15, -0.1) is 0 Å². The number of hydrogen-bond donors (Lipinski definition) is 2. The summed E-state index contributed by atoms with van der Waals surface area (Å²) in [6.45, 7) is 5.04. The number of hydrogen-bond acceptors (Lipinski definition) is 4. The molecule has 0 radical (unpaired) electrons. The lowest BCUT2D eigenvalue weighted by atomic mass is 9.85. The number of carboxylic acids is 1. The van der Waals surface area contributed by atoms with Crippen LogP contribution in [0.1, 0.15) is 30.6 Å². The number of rotatable bonds is 5. The Labute approximate surface area is 117 Å². The highest BCUT2D eigenvalue weighted by molar-refractivity contribution is 6.00. The van der Waals surface area contributed by atoms with Crippen LogP contribution in [0, 0.1) is 11.8 Å². The molecule has 1 heterocycles. The van der Waals surface area contributed by atoms with Crippen LogP contribution in [-0.2, 0) is 4.79 Å². The molecule has 5 heteroatoms. The third-order valence-corrected chi connectivity index (χ3v) is 3.48. The first kappa shape index (κ1) is 14.4. The van der Waals surface area contributed by atoms with Crippen LogP contribution >= 0.6 is 0 Å². The van der Waals surface area contributed by atoms with Crippen LogP contribution in [0.15, 0.2) is 18.2 Å². The molecule has 1 atom stereocenters. The number of carboxylic acid groups (broad SMARTS) is 1. The predicted octanol–water partition coefficient (Wildman–Crippen LogP) is 2.42. The molecule has 1 aromatic carbocycles. The third kappa shape index (κ3) is 3.10. The Kier molecular flexibility index (Phi) is 4.27. The van der Waals surface area contributed by atoms with Crippen molar-refractivity contribution in [2.24, 2.45) is 11.8 Å². The van der Waals surface area contributed by atoms with E-state index in [0.717, 1.165) is 11.4 Å². The lowest BCUT2D eigenvalue weighted by Crippen LogP contribution is -2.24. The second kappa shape index (κ2) is 5.94. The smallest absolute Gasteiger partial charge is 0.304 e. The van der Waals surface area contributed by atoms with Gasteiger partial charge >= 0.3 is 5.97 Å². The van der Waals surface area contributed by atoms with Gasteiger partial charge in [0.15, 0.2) is 5.78 Å². The number of benzene rings is 1. The summed E-state index contributed by atoms with van der Waals surface area (Å²) in [4.78, 5) is 23.4. The van der Waals surface area contributed by atoms with E-state index in [2.05, 4.69) is 5.32 Å². The van der Waals surface area contributed by atoms with Crippen molar-refractivity contribution in [1.82, 2.24) is 0 Å². The van der Waals surface area contributed by atoms with Crippen LogP contribution in [0.2, 0.25) is 0 Å². The number of ketones is 1. The van der Waals surface area contributed by atoms with E-state index in [0.29, 0.717) is 18.7 Å². The highest BCUT2D eigenvalue weighted by atomic mass is 16.5. The van der Waals surface area contributed by atoms with Gasteiger partial charge < -0.3 is 15.2 Å². The van der Waals surface area contributed by atoms with Crippen molar-refractivity contribution in [2.75, 3.05) is 18.5 Å². The van der Waals surface area contributed by atoms with Gasteiger partial charge in [0.1, 0.15) is 12.4 Å². The summed E-state index contributed by atoms with van der Waals surface area (Å²) < 4.78 is 5.46. The molecule has 0 saturated carbocycles. The summed E-state index contributed by atoms with van der Waals surface area (Å²) in [7, 11) is 0. The summed E-state index contributed by atoms with van der Waals surface area (Å²) in [5.41, 5.74) is 1.32. The summed E-state index contributed by atoms with van der Waals surface area (Å²) in [5, 5.41) is 12.1. The Hall–Kier alpha value is -2.04. The Balaban J connectivity index is 2.24. The number of ether oxygens (including phenoxy) is 1. The Morgan fingerprint density at radius 2 is 2.15 bits per heavy atom. The fourth-order valence-electron chi connectivity index (χ4n) is 2.33. The van der Waals surface area contributed by atoms with E-state index in [9.17, 15) is 9.59 Å². The highest BCUT2D eigenvalue weighted by Crippen LogP contribution is 2.30. The first-order chi connectivity index (χ1) is 9.49. The second-order valence-electron chi connectivity index (χ2n) is 5.30. The molecule has 0 aromatic heterocycles. The largest absolute Gasteiger partial charge is 0.490 e. The first-order valence-electron chi connectivity index (χ1n) is 6.75. The highest BCUT2D eigenvalue weighted by Gasteiger charge is 2.26. The van der Waals surface area contributed by atoms with Gasteiger partial charge in [0, 0.05) is 18.0 Å². The molecule has 1 aliphatic heterocycles. The molecule has 2 N–H and O–H groups in total. The minimum Gasteiger partial charge on any atom is -0.490 e. The maximum Gasteiger partial charge on any atom is 0.304 e. The fourth-order valence-corrected chi connectivity index (χ4v) is 2.33. The topological polar surface area (TPSA) is 75.6 Å². The van der Waals surface area contributed by atoms with E-state index in [1.807, 2.05) is 13.8 Å². The van der Waals surface area contributed by atoms with E-state index >= 15 is 0 Å². The number of Topliss-reactive ketones (excluding diaryl/α,β-unsaturated/α-hetero) is 1. The van der Waals surface area contributed by atoms with Gasteiger partial charge in [-0.1, -0.05) is 13.8 Å². The molecule has 0 spiro atoms. The predicted molar refractivity (Wildman–Crippen MR) is 75.3 cm³/mol. The van der Waals surface area contributed by atoms with Gasteiger partial charge in [-0.2, -0.15) is 0 Å². The standard InChI is InChI=1S/C15H19NO4/c1-9(2)11(8-14(17)18)15(19)10-3-4-13-12(7-10)16-5-6-20-13/h3-4,7,9,11,16H,5-6,8H2,1-2H3,(H,17,18). The SMILES string of the molecule is CC(C)C(CC(=O)O)C(=O)c1ccc2c(c1)NCCO2. The summed E-state index contributed by atoms with van der Waals surface area (Å²) >= 11 is 0. The minimum absolute atomic E-state index is 0.0150. The van der Waals surface area contributed by atoms with Crippen molar-refractivity contribution in [2.45, 2.75) is 20.3 Å². The number of carbonyl (C=O) groups is 2.